The highest BCUT2D eigenvalue weighted by molar-refractivity contribution is 7.80. The monoisotopic (exact) mass is 585 g/mol. The molecule has 1 unspecified atom stereocenters. The Hall–Kier alpha value is -2.60. The van der Waals surface area contributed by atoms with E-state index in [4.69, 9.17) is 32.0 Å². The Morgan fingerprint density at radius 2 is 1.74 bits per heavy atom. The molecule has 2 saturated carbocycles. The summed E-state index contributed by atoms with van der Waals surface area (Å²) in [4.78, 5) is 22.7. The van der Waals surface area contributed by atoms with E-state index in [1.807, 2.05) is 0 Å². The van der Waals surface area contributed by atoms with Crippen LogP contribution in [0.2, 0.25) is 5.02 Å². The second-order valence-electron chi connectivity index (χ2n) is 9.82. The lowest BCUT2D eigenvalue weighted by atomic mass is 9.97. The van der Waals surface area contributed by atoms with E-state index in [0.29, 0.717) is 18.2 Å². The number of piperidine rings is 1. The Balaban J connectivity index is 0.000000355. The maximum Gasteiger partial charge on any atom is 0.300 e. The number of rotatable bonds is 7. The van der Waals surface area contributed by atoms with E-state index < -0.39 is 34.6 Å². The summed E-state index contributed by atoms with van der Waals surface area (Å²) in [6, 6.07) is 7.23. The number of hydrogen-bond donors (Lipinski definition) is 2. The van der Waals surface area contributed by atoms with E-state index in [1.165, 1.54) is 18.2 Å². The van der Waals surface area contributed by atoms with Crippen LogP contribution in [-0.4, -0.2) is 55.1 Å². The average Bonchev–Trinajstić information content (AvgIpc) is 3.75. The second kappa shape index (κ2) is 14.2. The summed E-state index contributed by atoms with van der Waals surface area (Å²) in [5.74, 6) is -1.62. The molecule has 39 heavy (non-hydrogen) atoms. The molecule has 2 aliphatic carbocycles. The predicted octanol–water partition coefficient (Wildman–Crippen LogP) is 4.76. The van der Waals surface area contributed by atoms with Crippen molar-refractivity contribution >= 4 is 34.6 Å². The number of hydrogen-bond acceptors (Lipinski definition) is 6. The van der Waals surface area contributed by atoms with Crippen molar-refractivity contribution in [1.82, 2.24) is 4.90 Å². The van der Waals surface area contributed by atoms with Crippen LogP contribution in [0.15, 0.2) is 30.3 Å². The highest BCUT2D eigenvalue weighted by Gasteiger charge is 2.29. The molecule has 5 rings (SSSR count). The van der Waals surface area contributed by atoms with E-state index in [-0.39, 0.29) is 21.9 Å². The summed E-state index contributed by atoms with van der Waals surface area (Å²) in [6.45, 7) is 3.31. The zero-order valence-corrected chi connectivity index (χ0v) is 23.1. The number of carbonyl (C=O) groups is 2. The first-order chi connectivity index (χ1) is 18.4. The molecule has 1 amide bonds. The normalized spacial score (nSPS) is 18.2. The summed E-state index contributed by atoms with van der Waals surface area (Å²) in [7, 11) is 0. The van der Waals surface area contributed by atoms with Gasteiger partial charge in [-0.25, -0.2) is 8.78 Å². The van der Waals surface area contributed by atoms with Gasteiger partial charge in [0.2, 0.25) is 0 Å². The van der Waals surface area contributed by atoms with Crippen molar-refractivity contribution in [1.29, 1.82) is 0 Å². The number of halogens is 3. The molecule has 214 valence electrons. The molecule has 0 spiro atoms. The first-order valence-electron chi connectivity index (χ1n) is 12.7. The molecule has 1 aliphatic heterocycles. The van der Waals surface area contributed by atoms with Gasteiger partial charge >= 0.3 is 0 Å². The number of likely N-dealkylation sites (tertiary alicyclic amines) is 1. The van der Waals surface area contributed by atoms with E-state index in [1.54, 1.807) is 12.1 Å². The van der Waals surface area contributed by atoms with Gasteiger partial charge < -0.3 is 20.1 Å². The fourth-order valence-electron chi connectivity index (χ4n) is 4.17. The molecule has 3 N–H and O–H groups in total. The van der Waals surface area contributed by atoms with E-state index in [0.717, 1.165) is 69.7 Å². The van der Waals surface area contributed by atoms with Crippen molar-refractivity contribution in [3.05, 3.63) is 63.7 Å². The second-order valence-corrected chi connectivity index (χ2v) is 11.4. The molecule has 1 atom stereocenters. The van der Waals surface area contributed by atoms with Gasteiger partial charge in [-0.05, 0) is 85.9 Å². The number of amides is 1. The number of carboxylic acid groups (broad SMARTS) is 1. The minimum atomic E-state index is -1.76. The predicted molar refractivity (Wildman–Crippen MR) is 142 cm³/mol. The third-order valence-electron chi connectivity index (χ3n) is 6.42. The molecular weight excluding hydrogens is 554 g/mol. The zero-order chi connectivity index (χ0) is 28.7. The fourth-order valence-corrected chi connectivity index (χ4v) is 4.90. The van der Waals surface area contributed by atoms with Crippen molar-refractivity contribution in [3.8, 4) is 5.75 Å². The average molecular weight is 586 g/mol. The number of nitrogens with zero attached hydrogens (tertiary/aromatic N) is 1. The molecule has 0 aromatic heterocycles. The molecule has 1 heterocycles. The van der Waals surface area contributed by atoms with Crippen LogP contribution >= 0.6 is 11.6 Å². The number of benzene rings is 2. The first-order valence-corrected chi connectivity index (χ1v) is 14.2. The van der Waals surface area contributed by atoms with Gasteiger partial charge in [-0.1, -0.05) is 22.7 Å². The maximum atomic E-state index is 14.3. The lowest BCUT2D eigenvalue weighted by molar-refractivity contribution is -0.134. The smallest absolute Gasteiger partial charge is 0.300 e. The number of ether oxygens (including phenoxy) is 1. The van der Waals surface area contributed by atoms with Crippen LogP contribution in [-0.2, 0) is 22.4 Å². The van der Waals surface area contributed by atoms with Gasteiger partial charge in [-0.15, -0.1) is 0 Å². The molecular formula is C27H32ClF2N2O6S-. The van der Waals surface area contributed by atoms with Crippen LogP contribution in [0.3, 0.4) is 0 Å². The van der Waals surface area contributed by atoms with Crippen molar-refractivity contribution in [2.45, 2.75) is 69.3 Å². The fraction of sp³-hybridized carbons (Fsp3) is 0.481. The van der Waals surface area contributed by atoms with Gasteiger partial charge in [0.15, 0.2) is 0 Å². The molecule has 3 fully saturated rings. The number of primary amides is 1. The molecule has 2 aromatic carbocycles. The van der Waals surface area contributed by atoms with Crippen LogP contribution in [0.1, 0.15) is 72.9 Å². The summed E-state index contributed by atoms with van der Waals surface area (Å²) < 4.78 is 52.9. The molecule has 1 saturated heterocycles. The summed E-state index contributed by atoms with van der Waals surface area (Å²) >= 11 is 4.29. The number of nitrogens with two attached hydrogens (primary N) is 1. The zero-order valence-electron chi connectivity index (χ0n) is 21.5. The highest BCUT2D eigenvalue weighted by Crippen LogP contribution is 2.43. The third-order valence-corrected chi connectivity index (χ3v) is 7.74. The topological polar surface area (TPSA) is 133 Å². The van der Waals surface area contributed by atoms with E-state index in [2.05, 4.69) is 4.90 Å². The van der Waals surface area contributed by atoms with Gasteiger partial charge in [-0.3, -0.25) is 18.7 Å². The summed E-state index contributed by atoms with van der Waals surface area (Å²) in [5.41, 5.74) is 7.24. The SMILES string of the molecule is CC(=O)O.NC(=O)c1cc(C2CC2)c(CN2CCC(Oc3ccc(F)cc3Cl)CC2)cc1F.O=S([O-])C1CC1. The van der Waals surface area contributed by atoms with Gasteiger partial charge in [0.05, 0.1) is 10.6 Å². The molecule has 8 nitrogen and oxygen atoms in total. The Kier molecular flexibility index (Phi) is 11.2. The minimum absolute atomic E-state index is 0.00564. The van der Waals surface area contributed by atoms with E-state index in [9.17, 15) is 22.3 Å². The molecule has 0 bridgehead atoms. The number of carboxylic acids is 1. The van der Waals surface area contributed by atoms with Crippen LogP contribution in [0.25, 0.3) is 0 Å². The number of carbonyl (C=O) groups excluding carboxylic acids is 1. The molecule has 12 heteroatoms. The van der Waals surface area contributed by atoms with Gasteiger partial charge in [-0.2, -0.15) is 0 Å². The quantitative estimate of drug-likeness (QED) is 0.448. The van der Waals surface area contributed by atoms with Gasteiger partial charge in [0, 0.05) is 31.8 Å². The highest BCUT2D eigenvalue weighted by atomic mass is 35.5. The van der Waals surface area contributed by atoms with Gasteiger partial charge in [0.1, 0.15) is 23.5 Å². The Morgan fingerprint density at radius 1 is 1.13 bits per heavy atom. The Labute approximate surface area is 233 Å². The molecule has 2 aromatic rings. The third kappa shape index (κ3) is 10.1. The lowest BCUT2D eigenvalue weighted by Crippen LogP contribution is -2.38. The van der Waals surface area contributed by atoms with Crippen molar-refractivity contribution < 1.29 is 37.0 Å². The first kappa shape index (κ1) is 30.9. The van der Waals surface area contributed by atoms with E-state index >= 15 is 0 Å². The Morgan fingerprint density at radius 3 is 2.21 bits per heavy atom. The lowest BCUT2D eigenvalue weighted by Gasteiger charge is -2.32. The summed E-state index contributed by atoms with van der Waals surface area (Å²) in [6.07, 6.45) is 5.50. The molecule has 0 radical (unpaired) electrons. The van der Waals surface area contributed by atoms with Gasteiger partial charge in [0.25, 0.3) is 11.9 Å². The largest absolute Gasteiger partial charge is 0.772 e. The van der Waals surface area contributed by atoms with Crippen LogP contribution < -0.4 is 10.5 Å². The van der Waals surface area contributed by atoms with Crippen LogP contribution in [0, 0.1) is 11.6 Å². The maximum absolute atomic E-state index is 14.3. The minimum Gasteiger partial charge on any atom is -0.772 e. The standard InChI is InChI=1S/C22H23ClF2N2O2.C3H6O2S.C2H4O2/c23-19-10-15(24)3-4-21(19)29-16-5-7-27(8-6-16)12-14-9-20(25)18(22(26)28)11-17(14)13-1-2-13;4-6(5)3-1-2-3;1-2(3)4/h3-4,9-11,13,16H,1-2,5-8,12H2,(H2,26,28);3H,1-2H2,(H,4,5);1H3,(H,3,4)/p-1. The van der Waals surface area contributed by atoms with Crippen LogP contribution in [0.4, 0.5) is 8.78 Å². The Bertz CT molecular complexity index is 1200. The summed E-state index contributed by atoms with van der Waals surface area (Å²) in [5, 5.41) is 7.71. The van der Waals surface area contributed by atoms with Crippen molar-refractivity contribution in [3.63, 3.8) is 0 Å². The van der Waals surface area contributed by atoms with Crippen LogP contribution in [0.5, 0.6) is 5.75 Å². The number of aliphatic carboxylic acids is 1. The van der Waals surface area contributed by atoms with Crippen molar-refractivity contribution in [2.75, 3.05) is 13.1 Å². The van der Waals surface area contributed by atoms with Crippen molar-refractivity contribution in [2.24, 2.45) is 5.73 Å². The molecule has 3 aliphatic rings.